The third-order valence-electron chi connectivity index (χ3n) is 2.75. The van der Waals surface area contributed by atoms with E-state index in [1.807, 2.05) is 24.3 Å². The van der Waals surface area contributed by atoms with Gasteiger partial charge in [-0.1, -0.05) is 36.9 Å². The molecule has 2 aromatic rings. The van der Waals surface area contributed by atoms with Crippen LogP contribution in [0, 0.1) is 5.21 Å². The molecule has 0 bridgehead atoms. The van der Waals surface area contributed by atoms with Gasteiger partial charge in [-0.2, -0.15) is 0 Å². The van der Waals surface area contributed by atoms with Gasteiger partial charge in [0.1, 0.15) is 5.52 Å². The van der Waals surface area contributed by atoms with Crippen molar-refractivity contribution in [2.24, 2.45) is 0 Å². The van der Waals surface area contributed by atoms with Gasteiger partial charge in [-0.15, -0.1) is 0 Å². The van der Waals surface area contributed by atoms with Crippen molar-refractivity contribution in [3.8, 4) is 0 Å². The summed E-state index contributed by atoms with van der Waals surface area (Å²) in [5, 5.41) is 12.9. The monoisotopic (exact) mass is 216 g/mol. The fraction of sp³-hybridized carbons (Fsp3) is 0.385. The normalized spacial score (nSPS) is 10.8. The summed E-state index contributed by atoms with van der Waals surface area (Å²) >= 11 is 0. The number of rotatable bonds is 4. The number of unbranched alkanes of at least 4 members (excludes halogenated alkanes) is 2. The molecular weight excluding hydrogens is 200 g/mol. The molecule has 16 heavy (non-hydrogen) atoms. The summed E-state index contributed by atoms with van der Waals surface area (Å²) in [4.78, 5) is 4.23. The summed E-state index contributed by atoms with van der Waals surface area (Å²) in [6.45, 7) is 2.15. The van der Waals surface area contributed by atoms with E-state index in [0.717, 1.165) is 35.8 Å². The number of hydrogen-bond acceptors (Lipinski definition) is 2. The van der Waals surface area contributed by atoms with Crippen LogP contribution in [0.4, 0.5) is 0 Å². The Bertz CT molecular complexity index is 482. The number of hydrogen-bond donors (Lipinski definition) is 0. The Kier molecular flexibility index (Phi) is 3.34. The highest BCUT2D eigenvalue weighted by Gasteiger charge is 2.10. The fourth-order valence-electron chi connectivity index (χ4n) is 1.82. The van der Waals surface area contributed by atoms with E-state index in [0.29, 0.717) is 11.3 Å². The number of fused-ring (bicyclic) bond motifs is 1. The number of benzene rings is 1. The highest BCUT2D eigenvalue weighted by atomic mass is 16.5. The molecule has 1 aromatic heterocycles. The summed E-state index contributed by atoms with van der Waals surface area (Å²) in [6.07, 6.45) is 5.89. The van der Waals surface area contributed by atoms with Gasteiger partial charge in [0, 0.05) is 0 Å². The van der Waals surface area contributed by atoms with Crippen molar-refractivity contribution in [1.29, 1.82) is 0 Å². The first-order valence-electron chi connectivity index (χ1n) is 5.79. The number of aryl methyl sites for hydroxylation is 1. The Morgan fingerprint density at radius 3 is 2.88 bits per heavy atom. The van der Waals surface area contributed by atoms with E-state index in [9.17, 15) is 5.21 Å². The molecule has 3 nitrogen and oxygen atoms in total. The topological polar surface area (TPSA) is 39.8 Å². The lowest BCUT2D eigenvalue weighted by molar-refractivity contribution is -0.589. The molecule has 0 spiro atoms. The van der Waals surface area contributed by atoms with Crippen LogP contribution in [0.15, 0.2) is 30.5 Å². The van der Waals surface area contributed by atoms with E-state index < -0.39 is 0 Å². The lowest BCUT2D eigenvalue weighted by Crippen LogP contribution is -2.34. The van der Waals surface area contributed by atoms with Gasteiger partial charge >= 0.3 is 5.82 Å². The molecule has 0 saturated heterocycles. The Morgan fingerprint density at radius 2 is 2.06 bits per heavy atom. The first-order chi connectivity index (χ1) is 7.83. The second kappa shape index (κ2) is 4.92. The average Bonchev–Trinajstić information content (AvgIpc) is 2.33. The van der Waals surface area contributed by atoms with Crippen LogP contribution in [0.5, 0.6) is 0 Å². The molecule has 0 aliphatic heterocycles. The molecule has 0 N–H and O–H groups in total. The van der Waals surface area contributed by atoms with E-state index in [4.69, 9.17) is 0 Å². The second-order valence-corrected chi connectivity index (χ2v) is 3.98. The number of aromatic nitrogens is 2. The van der Waals surface area contributed by atoms with Crippen molar-refractivity contribution in [2.45, 2.75) is 32.6 Å². The zero-order chi connectivity index (χ0) is 11.4. The fourth-order valence-corrected chi connectivity index (χ4v) is 1.82. The van der Waals surface area contributed by atoms with Crippen molar-refractivity contribution in [1.82, 2.24) is 4.98 Å². The van der Waals surface area contributed by atoms with Gasteiger partial charge in [0.25, 0.3) is 0 Å². The minimum absolute atomic E-state index is 0.632. The molecule has 84 valence electrons. The summed E-state index contributed by atoms with van der Waals surface area (Å²) in [6, 6.07) is 7.55. The van der Waals surface area contributed by atoms with Gasteiger partial charge in [-0.05, 0) is 18.6 Å². The lowest BCUT2D eigenvalue weighted by atomic mass is 10.2. The molecule has 1 aromatic carbocycles. The maximum absolute atomic E-state index is 12.0. The Balaban J connectivity index is 2.29. The maximum atomic E-state index is 12.0. The first kappa shape index (κ1) is 10.9. The quantitative estimate of drug-likeness (QED) is 0.447. The van der Waals surface area contributed by atoms with Gasteiger partial charge in [-0.25, -0.2) is 4.73 Å². The highest BCUT2D eigenvalue weighted by Crippen LogP contribution is 2.09. The van der Waals surface area contributed by atoms with Gasteiger partial charge < -0.3 is 5.21 Å². The van der Waals surface area contributed by atoms with Crippen LogP contribution >= 0.6 is 0 Å². The van der Waals surface area contributed by atoms with Crippen LogP contribution in [0.3, 0.4) is 0 Å². The molecule has 0 fully saturated rings. The van der Waals surface area contributed by atoms with E-state index in [1.165, 1.54) is 0 Å². The molecule has 0 unspecified atom stereocenters. The molecule has 0 radical (unpaired) electrons. The smallest absolute Gasteiger partial charge is 0.301 e. The van der Waals surface area contributed by atoms with Crippen LogP contribution in [-0.4, -0.2) is 4.98 Å². The van der Waals surface area contributed by atoms with Gasteiger partial charge in [-0.3, -0.25) is 0 Å². The lowest BCUT2D eigenvalue weighted by Gasteiger charge is -2.08. The van der Waals surface area contributed by atoms with Crippen LogP contribution in [0.2, 0.25) is 0 Å². The molecule has 2 rings (SSSR count). The van der Waals surface area contributed by atoms with Crippen molar-refractivity contribution in [3.63, 3.8) is 0 Å². The number of para-hydroxylation sites is 1. The maximum Gasteiger partial charge on any atom is 0.301 e. The number of nitrogens with zero attached hydrogens (tertiary/aromatic N) is 2. The van der Waals surface area contributed by atoms with Crippen molar-refractivity contribution < 1.29 is 4.73 Å². The van der Waals surface area contributed by atoms with E-state index in [2.05, 4.69) is 11.9 Å². The zero-order valence-electron chi connectivity index (χ0n) is 9.52. The third-order valence-corrected chi connectivity index (χ3v) is 2.75. The van der Waals surface area contributed by atoms with Crippen LogP contribution in [0.1, 0.15) is 32.0 Å². The van der Waals surface area contributed by atoms with Gasteiger partial charge in [0.15, 0.2) is 6.20 Å². The Morgan fingerprint density at radius 1 is 1.25 bits per heavy atom. The average molecular weight is 216 g/mol. The summed E-state index contributed by atoms with van der Waals surface area (Å²) in [5.74, 6) is 0.632. The van der Waals surface area contributed by atoms with Gasteiger partial charge in [0.2, 0.25) is 0 Å². The Hall–Kier alpha value is -1.64. The molecule has 0 aliphatic carbocycles. The highest BCUT2D eigenvalue weighted by molar-refractivity contribution is 5.74. The molecule has 0 amide bonds. The zero-order valence-corrected chi connectivity index (χ0v) is 9.52. The minimum Gasteiger partial charge on any atom is -0.710 e. The molecule has 0 saturated carbocycles. The predicted molar refractivity (Wildman–Crippen MR) is 63.9 cm³/mol. The van der Waals surface area contributed by atoms with Crippen LogP contribution in [0.25, 0.3) is 10.9 Å². The third kappa shape index (κ3) is 2.13. The molecule has 0 aliphatic rings. The molecule has 1 heterocycles. The van der Waals surface area contributed by atoms with Crippen molar-refractivity contribution in [3.05, 3.63) is 41.5 Å². The minimum atomic E-state index is 0.632. The standard InChI is InChI=1S/C13H16N2O/c1-2-3-4-9-13-14-10-11-7-5-6-8-12(11)15(13)16/h5-8,10H,2-4,9H2,1H3. The van der Waals surface area contributed by atoms with E-state index in [1.54, 1.807) is 6.20 Å². The SMILES string of the molecule is CCCCCc1ncc2ccccc2[n+]1[O-]. The van der Waals surface area contributed by atoms with Crippen molar-refractivity contribution >= 4 is 10.9 Å². The van der Waals surface area contributed by atoms with E-state index in [-0.39, 0.29) is 0 Å². The predicted octanol–water partition coefficient (Wildman–Crippen LogP) is 2.60. The van der Waals surface area contributed by atoms with E-state index >= 15 is 0 Å². The first-order valence-corrected chi connectivity index (χ1v) is 5.79. The van der Waals surface area contributed by atoms with Crippen molar-refractivity contribution in [2.75, 3.05) is 0 Å². The molecule has 0 atom stereocenters. The van der Waals surface area contributed by atoms with Crippen LogP contribution < -0.4 is 4.73 Å². The summed E-state index contributed by atoms with van der Waals surface area (Å²) < 4.78 is 0.963. The summed E-state index contributed by atoms with van der Waals surface area (Å²) in [5.41, 5.74) is 0.712. The Labute approximate surface area is 95.3 Å². The second-order valence-electron chi connectivity index (χ2n) is 3.98. The summed E-state index contributed by atoms with van der Waals surface area (Å²) in [7, 11) is 0. The molecular formula is C13H16N2O. The van der Waals surface area contributed by atoms with Crippen LogP contribution in [-0.2, 0) is 6.42 Å². The van der Waals surface area contributed by atoms with Gasteiger partial charge in [0.05, 0.1) is 11.8 Å². The molecule has 3 heteroatoms. The largest absolute Gasteiger partial charge is 0.710 e.